The lowest BCUT2D eigenvalue weighted by atomic mass is 9.90. The van der Waals surface area contributed by atoms with Crippen molar-refractivity contribution in [2.24, 2.45) is 5.41 Å². The highest BCUT2D eigenvalue weighted by Crippen LogP contribution is 2.45. The molecule has 2 aliphatic carbocycles. The van der Waals surface area contributed by atoms with Crippen LogP contribution in [0.25, 0.3) is 11.1 Å². The number of anilines is 2. The molecule has 0 aromatic carbocycles. The highest BCUT2D eigenvalue weighted by atomic mass is 35.5. The molecule has 1 atom stereocenters. The standard InChI is InChI=1S/C25H35Cl2N5O/c1-16(14-33-3)31-17-4-6-18(7-5-17)32-23-11-20(22(26)13-28-23)21-10-19(12-29-24(21)27)30-15-25(2)8-9-25/h10-13,16-18,30-31H,4-9,14-15H2,1-3H3,(H,28,32)/t16-,17?,18?/m1/s1. The molecule has 2 saturated carbocycles. The Morgan fingerprint density at radius 1 is 1.06 bits per heavy atom. The van der Waals surface area contributed by atoms with Crippen LogP contribution in [0.1, 0.15) is 52.4 Å². The monoisotopic (exact) mass is 491 g/mol. The van der Waals surface area contributed by atoms with Gasteiger partial charge in [0.1, 0.15) is 11.0 Å². The first-order chi connectivity index (χ1) is 15.8. The fourth-order valence-corrected chi connectivity index (χ4v) is 4.89. The summed E-state index contributed by atoms with van der Waals surface area (Å²) in [4.78, 5) is 8.92. The van der Waals surface area contributed by atoms with Crippen molar-refractivity contribution >= 4 is 34.7 Å². The summed E-state index contributed by atoms with van der Waals surface area (Å²) in [5.41, 5.74) is 3.02. The summed E-state index contributed by atoms with van der Waals surface area (Å²) in [6.07, 6.45) is 10.5. The van der Waals surface area contributed by atoms with E-state index in [-0.39, 0.29) is 0 Å². The minimum atomic E-state index is 0.376. The Kier molecular flexibility index (Phi) is 8.00. The van der Waals surface area contributed by atoms with E-state index >= 15 is 0 Å². The van der Waals surface area contributed by atoms with E-state index in [1.165, 1.54) is 12.8 Å². The molecule has 0 spiro atoms. The Hall–Kier alpha value is -1.60. The summed E-state index contributed by atoms with van der Waals surface area (Å²) in [6, 6.07) is 5.33. The van der Waals surface area contributed by atoms with Crippen molar-refractivity contribution in [1.82, 2.24) is 15.3 Å². The van der Waals surface area contributed by atoms with E-state index in [1.54, 1.807) is 19.5 Å². The number of hydrogen-bond donors (Lipinski definition) is 3. The number of rotatable bonds is 10. The molecule has 0 aliphatic heterocycles. The van der Waals surface area contributed by atoms with E-state index in [4.69, 9.17) is 27.9 Å². The summed E-state index contributed by atoms with van der Waals surface area (Å²) < 4.78 is 5.24. The number of nitrogens with zero attached hydrogens (tertiary/aromatic N) is 2. The normalized spacial score (nSPS) is 22.6. The van der Waals surface area contributed by atoms with E-state index in [1.807, 2.05) is 12.1 Å². The Morgan fingerprint density at radius 2 is 1.79 bits per heavy atom. The molecule has 6 nitrogen and oxygen atoms in total. The van der Waals surface area contributed by atoms with Gasteiger partial charge in [-0.2, -0.15) is 0 Å². The van der Waals surface area contributed by atoms with Gasteiger partial charge in [-0.25, -0.2) is 9.97 Å². The van der Waals surface area contributed by atoms with Gasteiger partial charge in [-0.3, -0.25) is 0 Å². The topological polar surface area (TPSA) is 71.1 Å². The minimum absolute atomic E-state index is 0.376. The molecule has 2 aromatic rings. The lowest BCUT2D eigenvalue weighted by Crippen LogP contribution is -2.42. The highest BCUT2D eigenvalue weighted by Gasteiger charge is 2.36. The largest absolute Gasteiger partial charge is 0.383 e. The van der Waals surface area contributed by atoms with Gasteiger partial charge in [0, 0.05) is 49.1 Å². The maximum Gasteiger partial charge on any atom is 0.137 e. The number of methoxy groups -OCH3 is 1. The number of halogens is 2. The molecule has 4 rings (SSSR count). The maximum absolute atomic E-state index is 6.54. The SMILES string of the molecule is COC[C@@H](C)NC1CCC(Nc2cc(-c3cc(NCC4(C)CC4)cnc3Cl)c(Cl)cn2)CC1. The second-order valence-corrected chi connectivity index (χ2v) is 10.8. The molecule has 2 fully saturated rings. The van der Waals surface area contributed by atoms with Crippen LogP contribution >= 0.6 is 23.2 Å². The predicted molar refractivity (Wildman–Crippen MR) is 137 cm³/mol. The zero-order valence-electron chi connectivity index (χ0n) is 19.8. The van der Waals surface area contributed by atoms with E-state index in [0.29, 0.717) is 33.7 Å². The zero-order valence-corrected chi connectivity index (χ0v) is 21.3. The molecule has 0 saturated heterocycles. The van der Waals surface area contributed by atoms with Crippen molar-refractivity contribution in [2.45, 2.75) is 70.5 Å². The Balaban J connectivity index is 1.40. The number of aromatic nitrogens is 2. The van der Waals surface area contributed by atoms with Crippen LogP contribution < -0.4 is 16.0 Å². The number of pyridine rings is 2. The van der Waals surface area contributed by atoms with Crippen molar-refractivity contribution in [3.63, 3.8) is 0 Å². The number of hydrogen-bond acceptors (Lipinski definition) is 6. The van der Waals surface area contributed by atoms with Crippen LogP contribution in [0, 0.1) is 5.41 Å². The molecule has 2 heterocycles. The molecule has 33 heavy (non-hydrogen) atoms. The Bertz CT molecular complexity index is 944. The van der Waals surface area contributed by atoms with E-state index in [9.17, 15) is 0 Å². The van der Waals surface area contributed by atoms with Gasteiger partial charge in [0.2, 0.25) is 0 Å². The average Bonchev–Trinajstić information content (AvgIpc) is 3.53. The van der Waals surface area contributed by atoms with Crippen molar-refractivity contribution in [3.05, 3.63) is 34.7 Å². The fourth-order valence-electron chi connectivity index (χ4n) is 4.48. The van der Waals surface area contributed by atoms with E-state index in [0.717, 1.165) is 61.5 Å². The molecule has 180 valence electrons. The van der Waals surface area contributed by atoms with Crippen molar-refractivity contribution < 1.29 is 4.74 Å². The van der Waals surface area contributed by atoms with Gasteiger partial charge >= 0.3 is 0 Å². The van der Waals surface area contributed by atoms with Gasteiger partial charge in [0.15, 0.2) is 0 Å². The van der Waals surface area contributed by atoms with Crippen LogP contribution in [0.2, 0.25) is 10.2 Å². The molecular weight excluding hydrogens is 457 g/mol. The fraction of sp³-hybridized carbons (Fsp3) is 0.600. The lowest BCUT2D eigenvalue weighted by Gasteiger charge is -2.32. The third-order valence-corrected chi connectivity index (χ3v) is 7.43. The summed E-state index contributed by atoms with van der Waals surface area (Å²) >= 11 is 13.0. The van der Waals surface area contributed by atoms with Gasteiger partial charge in [0.25, 0.3) is 0 Å². The van der Waals surface area contributed by atoms with Gasteiger partial charge in [-0.05, 0) is 63.0 Å². The van der Waals surface area contributed by atoms with Crippen molar-refractivity contribution in [2.75, 3.05) is 30.9 Å². The van der Waals surface area contributed by atoms with E-state index in [2.05, 4.69) is 39.8 Å². The number of ether oxygens (including phenoxy) is 1. The van der Waals surface area contributed by atoms with Crippen LogP contribution in [0.3, 0.4) is 0 Å². The molecule has 0 amide bonds. The number of nitrogens with one attached hydrogen (secondary N) is 3. The summed E-state index contributed by atoms with van der Waals surface area (Å²) in [6.45, 7) is 6.15. The van der Waals surface area contributed by atoms with Gasteiger partial charge < -0.3 is 20.7 Å². The van der Waals surface area contributed by atoms with E-state index < -0.39 is 0 Å². The second kappa shape index (κ2) is 10.8. The maximum atomic E-state index is 6.54. The van der Waals surface area contributed by atoms with Crippen molar-refractivity contribution in [3.8, 4) is 11.1 Å². The minimum Gasteiger partial charge on any atom is -0.383 e. The summed E-state index contributed by atoms with van der Waals surface area (Å²) in [7, 11) is 1.75. The molecule has 8 heteroatoms. The molecule has 2 aromatic heterocycles. The van der Waals surface area contributed by atoms with Crippen LogP contribution in [0.15, 0.2) is 24.5 Å². The van der Waals surface area contributed by atoms with Gasteiger partial charge in [-0.15, -0.1) is 0 Å². The predicted octanol–water partition coefficient (Wildman–Crippen LogP) is 6.01. The van der Waals surface area contributed by atoms with Crippen LogP contribution in [-0.2, 0) is 4.74 Å². The second-order valence-electron chi connectivity index (χ2n) is 9.99. The highest BCUT2D eigenvalue weighted by molar-refractivity contribution is 6.36. The third-order valence-electron chi connectivity index (χ3n) is 6.82. The van der Waals surface area contributed by atoms with Crippen LogP contribution in [0.4, 0.5) is 11.5 Å². The Labute approximate surface area is 207 Å². The average molecular weight is 492 g/mol. The quantitative estimate of drug-likeness (QED) is 0.353. The first-order valence-electron chi connectivity index (χ1n) is 11.9. The molecule has 3 N–H and O–H groups in total. The lowest BCUT2D eigenvalue weighted by molar-refractivity contribution is 0.161. The molecular formula is C25H35Cl2N5O. The molecule has 2 aliphatic rings. The Morgan fingerprint density at radius 3 is 2.48 bits per heavy atom. The van der Waals surface area contributed by atoms with Crippen LogP contribution in [-0.4, -0.2) is 48.4 Å². The molecule has 0 unspecified atom stereocenters. The van der Waals surface area contributed by atoms with Crippen molar-refractivity contribution in [1.29, 1.82) is 0 Å². The molecule has 0 radical (unpaired) electrons. The smallest absolute Gasteiger partial charge is 0.137 e. The first kappa shape index (κ1) is 24.5. The summed E-state index contributed by atoms with van der Waals surface area (Å²) in [5, 5.41) is 11.8. The van der Waals surface area contributed by atoms with Gasteiger partial charge in [-0.1, -0.05) is 30.1 Å². The summed E-state index contributed by atoms with van der Waals surface area (Å²) in [5.74, 6) is 0.818. The third kappa shape index (κ3) is 6.72. The molecule has 0 bridgehead atoms. The first-order valence-corrected chi connectivity index (χ1v) is 12.7. The van der Waals surface area contributed by atoms with Crippen LogP contribution in [0.5, 0.6) is 0 Å². The van der Waals surface area contributed by atoms with Gasteiger partial charge in [0.05, 0.1) is 23.5 Å². The zero-order chi connectivity index (χ0) is 23.4.